The van der Waals surface area contributed by atoms with Crippen LogP contribution < -0.4 is 10.6 Å². The van der Waals surface area contributed by atoms with Crippen LogP contribution in [0.5, 0.6) is 0 Å². The van der Waals surface area contributed by atoms with Crippen molar-refractivity contribution in [1.29, 1.82) is 0 Å². The van der Waals surface area contributed by atoms with Gasteiger partial charge >= 0.3 is 20.2 Å². The fraction of sp³-hybridized carbons (Fsp3) is 0.424. The molecular formula is C33H43B2N3O11S2. The maximum atomic E-state index is 13.1. The molecule has 3 heterocycles. The van der Waals surface area contributed by atoms with Gasteiger partial charge in [-0.25, -0.2) is 0 Å². The number of allylic oxidation sites excluding steroid dienone is 1. The van der Waals surface area contributed by atoms with E-state index in [2.05, 4.69) is 28.4 Å². The van der Waals surface area contributed by atoms with Gasteiger partial charge < -0.3 is 45.0 Å². The van der Waals surface area contributed by atoms with Crippen molar-refractivity contribution in [3.05, 3.63) is 82.2 Å². The molecule has 6 N–H and O–H groups in total. The summed E-state index contributed by atoms with van der Waals surface area (Å²) in [6.45, 7) is 5.29. The Labute approximate surface area is 307 Å². The molecule has 2 amide bonds. The first-order valence-electron chi connectivity index (χ1n) is 16.2. The van der Waals surface area contributed by atoms with Crippen LogP contribution in [0.25, 0.3) is 0 Å². The summed E-state index contributed by atoms with van der Waals surface area (Å²) < 4.78 is 10.4. The van der Waals surface area contributed by atoms with Gasteiger partial charge in [-0.15, -0.1) is 11.8 Å². The third-order valence-corrected chi connectivity index (χ3v) is 9.34. The number of amides is 2. The molecule has 0 spiro atoms. The van der Waals surface area contributed by atoms with Gasteiger partial charge in [0, 0.05) is 24.4 Å². The first-order valence-corrected chi connectivity index (χ1v) is 17.6. The SMILES string of the molecule is CC(=O)O.CCO/N=C(\C(=O)NC1CC=CCOB1O)C1=CC(C)(/C=C\C(=C/S)CC(=O)NC2CC(c3ccccc3)C(CC(=O)O)OB2O)S1. The largest absolute Gasteiger partial charge is 0.481 e. The molecule has 0 aliphatic carbocycles. The molecule has 18 heteroatoms. The maximum absolute atomic E-state index is 13.1. The van der Waals surface area contributed by atoms with Crippen molar-refractivity contribution in [3.8, 4) is 0 Å². The Hall–Kier alpha value is -3.80. The fourth-order valence-corrected chi connectivity index (χ4v) is 6.71. The molecule has 5 unspecified atom stereocenters. The third kappa shape index (κ3) is 13.4. The predicted octanol–water partition coefficient (Wildman–Crippen LogP) is 2.65. The Bertz CT molecular complexity index is 1540. The number of nitrogens with one attached hydrogen (secondary N) is 2. The first-order chi connectivity index (χ1) is 24.2. The van der Waals surface area contributed by atoms with Crippen molar-refractivity contribution in [3.63, 3.8) is 0 Å². The number of rotatable bonds is 13. The number of aliphatic carboxylic acids is 2. The van der Waals surface area contributed by atoms with Crippen LogP contribution in [-0.2, 0) is 33.3 Å². The van der Waals surface area contributed by atoms with E-state index in [9.17, 15) is 29.5 Å². The number of carboxylic acids is 2. The molecule has 4 rings (SSSR count). The Morgan fingerprint density at radius 1 is 1.12 bits per heavy atom. The average molecular weight is 743 g/mol. The van der Waals surface area contributed by atoms with E-state index in [1.165, 1.54) is 17.2 Å². The number of carbonyl (C=O) groups excluding carboxylic acids is 2. The monoisotopic (exact) mass is 743 g/mol. The van der Waals surface area contributed by atoms with E-state index in [0.29, 0.717) is 23.3 Å². The van der Waals surface area contributed by atoms with E-state index in [1.54, 1.807) is 19.1 Å². The number of oxime groups is 1. The minimum atomic E-state index is -1.37. The molecule has 3 aliphatic heterocycles. The van der Waals surface area contributed by atoms with E-state index in [4.69, 9.17) is 24.0 Å². The molecule has 1 saturated heterocycles. The normalized spacial score (nSPS) is 25.1. The zero-order valence-corrected chi connectivity index (χ0v) is 30.2. The number of nitrogens with zero attached hydrogens (tertiary/aromatic N) is 1. The Kier molecular flexibility index (Phi) is 16.6. The Morgan fingerprint density at radius 2 is 1.80 bits per heavy atom. The molecule has 3 aliphatic rings. The summed E-state index contributed by atoms with van der Waals surface area (Å²) in [6.07, 6.45) is 8.75. The summed E-state index contributed by atoms with van der Waals surface area (Å²) in [6, 6.07) is 9.29. The van der Waals surface area contributed by atoms with Crippen molar-refractivity contribution in [2.75, 3.05) is 13.2 Å². The highest BCUT2D eigenvalue weighted by Gasteiger charge is 2.43. The zero-order chi connectivity index (χ0) is 37.6. The van der Waals surface area contributed by atoms with Crippen molar-refractivity contribution in [2.24, 2.45) is 5.16 Å². The number of thioether (sulfide) groups is 1. The van der Waals surface area contributed by atoms with E-state index in [1.807, 2.05) is 55.5 Å². The van der Waals surface area contributed by atoms with Gasteiger partial charge in [-0.3, -0.25) is 19.2 Å². The number of benzene rings is 1. The topological polar surface area (TPSA) is 213 Å². The van der Waals surface area contributed by atoms with Crippen LogP contribution in [0.4, 0.5) is 0 Å². The highest BCUT2D eigenvalue weighted by Crippen LogP contribution is 2.46. The van der Waals surface area contributed by atoms with Gasteiger partial charge in [-0.05, 0) is 49.3 Å². The molecule has 0 saturated carbocycles. The molecule has 0 radical (unpaired) electrons. The molecule has 1 aromatic carbocycles. The number of carbonyl (C=O) groups is 4. The molecule has 1 fully saturated rings. The van der Waals surface area contributed by atoms with E-state index >= 15 is 0 Å². The summed E-state index contributed by atoms with van der Waals surface area (Å²) in [5.74, 6) is -4.46. The standard InChI is InChI=1S/C31H39B2N3O9S2.C2H4O2/c1-3-44-36-29(30(40)35-25-11-7-8-14-43-32(25)41)24-18-31(2,47-24)13-12-20(19-46)15-27(37)34-26-16-22(21-9-5-4-6-10-21)23(17-28(38)39)45-33(26)42;1-2(3)4/h4-10,12-13,18-19,22-23,25-26,41-42,46H,3,11,14-17H2,1-2H3,(H,34,37)(H,35,40)(H,38,39);1H3,(H,3,4)/b13-12-,20-19+,36-29-;. The molecule has 274 valence electrons. The van der Waals surface area contributed by atoms with Gasteiger partial charge in [0.05, 0.1) is 35.6 Å². The summed E-state index contributed by atoms with van der Waals surface area (Å²) >= 11 is 5.66. The average Bonchev–Trinajstić information content (AvgIpc) is 3.26. The van der Waals surface area contributed by atoms with Crippen molar-refractivity contribution < 1.29 is 53.6 Å². The molecule has 0 bridgehead atoms. The quantitative estimate of drug-likeness (QED) is 0.0388. The zero-order valence-electron chi connectivity index (χ0n) is 28.5. The first kappa shape index (κ1) is 41.6. The van der Waals surface area contributed by atoms with Crippen molar-refractivity contribution in [2.45, 2.75) is 75.1 Å². The van der Waals surface area contributed by atoms with Crippen LogP contribution in [0.15, 0.2) is 81.8 Å². The Morgan fingerprint density at radius 3 is 2.43 bits per heavy atom. The van der Waals surface area contributed by atoms with Gasteiger partial charge in [0.2, 0.25) is 5.91 Å². The second-order valence-corrected chi connectivity index (χ2v) is 13.8. The molecule has 51 heavy (non-hydrogen) atoms. The van der Waals surface area contributed by atoms with Gasteiger partial charge in [0.15, 0.2) is 5.71 Å². The van der Waals surface area contributed by atoms with E-state index < -0.39 is 54.8 Å². The predicted molar refractivity (Wildman–Crippen MR) is 198 cm³/mol. The second kappa shape index (κ2) is 20.3. The number of hydrogen-bond acceptors (Lipinski definition) is 12. The lowest BCUT2D eigenvalue weighted by Crippen LogP contribution is -2.55. The van der Waals surface area contributed by atoms with Crippen LogP contribution in [0, 0.1) is 0 Å². The Balaban J connectivity index is 0.00000166. The van der Waals surface area contributed by atoms with Crippen LogP contribution in [0.1, 0.15) is 57.9 Å². The summed E-state index contributed by atoms with van der Waals surface area (Å²) in [4.78, 5) is 52.4. The lowest BCUT2D eigenvalue weighted by Gasteiger charge is -2.38. The smallest absolute Gasteiger partial charge is 0.478 e. The molecule has 0 aromatic heterocycles. The highest BCUT2D eigenvalue weighted by atomic mass is 32.2. The molecular weight excluding hydrogens is 700 g/mol. The van der Waals surface area contributed by atoms with Gasteiger partial charge in [0.25, 0.3) is 11.9 Å². The second-order valence-electron chi connectivity index (χ2n) is 12.0. The van der Waals surface area contributed by atoms with E-state index in [0.717, 1.165) is 12.5 Å². The summed E-state index contributed by atoms with van der Waals surface area (Å²) in [5, 5.41) is 48.8. The van der Waals surface area contributed by atoms with E-state index in [-0.39, 0.29) is 43.6 Å². The number of thiol groups is 1. The molecule has 5 atom stereocenters. The van der Waals surface area contributed by atoms with Crippen LogP contribution in [-0.4, -0.2) is 99.9 Å². The minimum Gasteiger partial charge on any atom is -0.481 e. The van der Waals surface area contributed by atoms with Crippen LogP contribution in [0.2, 0.25) is 0 Å². The van der Waals surface area contributed by atoms with Crippen molar-refractivity contribution in [1.82, 2.24) is 10.6 Å². The minimum absolute atomic E-state index is 0.0330. The van der Waals surface area contributed by atoms with Gasteiger partial charge in [-0.1, -0.05) is 59.8 Å². The number of carboxylic acid groups (broad SMARTS) is 2. The summed E-state index contributed by atoms with van der Waals surface area (Å²) in [7, 11) is -2.52. The van der Waals surface area contributed by atoms with Gasteiger partial charge in [0.1, 0.15) is 6.61 Å². The fourth-order valence-electron chi connectivity index (χ4n) is 5.41. The van der Waals surface area contributed by atoms with Crippen LogP contribution >= 0.6 is 24.4 Å². The lowest BCUT2D eigenvalue weighted by atomic mass is 9.67. The maximum Gasteiger partial charge on any atom is 0.478 e. The molecule has 1 aromatic rings. The van der Waals surface area contributed by atoms with Gasteiger partial charge in [-0.2, -0.15) is 12.6 Å². The summed E-state index contributed by atoms with van der Waals surface area (Å²) in [5.41, 5.74) is 1.54. The molecule has 14 nitrogen and oxygen atoms in total. The third-order valence-electron chi connectivity index (χ3n) is 7.79. The van der Waals surface area contributed by atoms with Crippen LogP contribution in [0.3, 0.4) is 0 Å². The lowest BCUT2D eigenvalue weighted by molar-refractivity contribution is -0.140. The van der Waals surface area contributed by atoms with Crippen molar-refractivity contribution >= 4 is 68.1 Å². The highest BCUT2D eigenvalue weighted by molar-refractivity contribution is 8.07. The number of hydrogen-bond donors (Lipinski definition) is 7.